The van der Waals surface area contributed by atoms with E-state index in [1.165, 1.54) is 6.07 Å². The van der Waals surface area contributed by atoms with Crippen LogP contribution in [0.5, 0.6) is 0 Å². The molecule has 19 heavy (non-hydrogen) atoms. The second-order valence-electron chi connectivity index (χ2n) is 4.66. The van der Waals surface area contributed by atoms with Crippen LogP contribution in [-0.2, 0) is 17.3 Å². The van der Waals surface area contributed by atoms with Crippen LogP contribution in [0.3, 0.4) is 0 Å². The highest BCUT2D eigenvalue weighted by molar-refractivity contribution is 9.10. The molecule has 0 heterocycles. The molecule has 0 aromatic heterocycles. The Morgan fingerprint density at radius 1 is 1.37 bits per heavy atom. The number of amides is 1. The molecule has 1 aromatic carbocycles. The molecule has 0 aliphatic rings. The smallest absolute Gasteiger partial charge is 0.416 e. The van der Waals surface area contributed by atoms with Gasteiger partial charge in [-0.15, -0.1) is 0 Å². The number of ether oxygens (including phenoxy) is 1. The van der Waals surface area contributed by atoms with Crippen LogP contribution >= 0.6 is 15.9 Å². The van der Waals surface area contributed by atoms with Gasteiger partial charge in [-0.1, -0.05) is 15.9 Å². The van der Waals surface area contributed by atoms with Crippen molar-refractivity contribution in [1.82, 2.24) is 0 Å². The van der Waals surface area contributed by atoms with Gasteiger partial charge in [0.25, 0.3) is 0 Å². The van der Waals surface area contributed by atoms with E-state index in [4.69, 9.17) is 10.5 Å². The first-order valence-corrected chi connectivity index (χ1v) is 6.15. The zero-order valence-corrected chi connectivity index (χ0v) is 11.9. The van der Waals surface area contributed by atoms with Crippen molar-refractivity contribution in [2.45, 2.75) is 32.0 Å². The van der Waals surface area contributed by atoms with Crippen molar-refractivity contribution in [3.63, 3.8) is 0 Å². The molecule has 0 bridgehead atoms. The maximum absolute atomic E-state index is 12.6. The summed E-state index contributed by atoms with van der Waals surface area (Å²) in [5.74, 6) is 0. The second-order valence-corrected chi connectivity index (χ2v) is 5.52. The minimum Gasteiger partial charge on any atom is -0.443 e. The van der Waals surface area contributed by atoms with Gasteiger partial charge in [0.05, 0.1) is 5.56 Å². The monoisotopic (exact) mass is 339 g/mol. The molecule has 0 aliphatic heterocycles. The number of hydrogen-bond donors (Lipinski definition) is 1. The molecule has 0 atom stereocenters. The third kappa shape index (κ3) is 4.74. The molecule has 1 amide bonds. The average molecular weight is 340 g/mol. The van der Waals surface area contributed by atoms with Crippen LogP contribution in [0.1, 0.15) is 25.0 Å². The van der Waals surface area contributed by atoms with Crippen LogP contribution < -0.4 is 5.73 Å². The molecule has 0 saturated heterocycles. The Bertz CT molecular complexity index is 486. The average Bonchev–Trinajstić information content (AvgIpc) is 2.17. The van der Waals surface area contributed by atoms with Crippen molar-refractivity contribution in [3.05, 3.63) is 33.8 Å². The lowest BCUT2D eigenvalue weighted by molar-refractivity contribution is -0.137. The highest BCUT2D eigenvalue weighted by Crippen LogP contribution is 2.33. The second kappa shape index (κ2) is 5.40. The summed E-state index contributed by atoms with van der Waals surface area (Å²) >= 11 is 3.18. The summed E-state index contributed by atoms with van der Waals surface area (Å²) in [4.78, 5) is 10.7. The predicted octanol–water partition coefficient (Wildman–Crippen LogP) is 3.88. The molecular weight excluding hydrogens is 327 g/mol. The quantitative estimate of drug-likeness (QED) is 0.908. The molecule has 0 unspecified atom stereocenters. The van der Waals surface area contributed by atoms with Crippen molar-refractivity contribution in [1.29, 1.82) is 0 Å². The number of nitrogens with two attached hydrogens (primary N) is 1. The van der Waals surface area contributed by atoms with Crippen LogP contribution in [0.4, 0.5) is 18.0 Å². The Morgan fingerprint density at radius 3 is 2.42 bits per heavy atom. The lowest BCUT2D eigenvalue weighted by Crippen LogP contribution is -2.33. The number of benzene rings is 1. The van der Waals surface area contributed by atoms with Crippen molar-refractivity contribution < 1.29 is 22.7 Å². The Balaban J connectivity index is 3.04. The zero-order valence-electron chi connectivity index (χ0n) is 10.3. The summed E-state index contributed by atoms with van der Waals surface area (Å²) in [6.45, 7) is 3.15. The Hall–Kier alpha value is -1.24. The number of alkyl halides is 3. The maximum Gasteiger partial charge on any atom is 0.416 e. The van der Waals surface area contributed by atoms with Gasteiger partial charge in [0.2, 0.25) is 0 Å². The first-order chi connectivity index (χ1) is 8.51. The van der Waals surface area contributed by atoms with Gasteiger partial charge in [0, 0.05) is 10.9 Å². The fourth-order valence-corrected chi connectivity index (χ4v) is 2.04. The highest BCUT2D eigenvalue weighted by Gasteiger charge is 2.32. The van der Waals surface area contributed by atoms with Crippen molar-refractivity contribution in [2.24, 2.45) is 5.73 Å². The number of hydrogen-bond acceptors (Lipinski definition) is 2. The Labute approximate surface area is 117 Å². The fraction of sp³-hybridized carbons (Fsp3) is 0.417. The van der Waals surface area contributed by atoms with Crippen LogP contribution in [0.2, 0.25) is 0 Å². The zero-order chi connectivity index (χ0) is 14.8. The van der Waals surface area contributed by atoms with E-state index in [1.807, 2.05) is 0 Å². The Morgan fingerprint density at radius 2 is 1.95 bits per heavy atom. The lowest BCUT2D eigenvalue weighted by Gasteiger charge is -2.25. The van der Waals surface area contributed by atoms with Gasteiger partial charge < -0.3 is 10.5 Å². The van der Waals surface area contributed by atoms with E-state index < -0.39 is 23.4 Å². The molecule has 2 N–H and O–H groups in total. The molecule has 3 nitrogen and oxygen atoms in total. The summed E-state index contributed by atoms with van der Waals surface area (Å²) < 4.78 is 43.2. The summed E-state index contributed by atoms with van der Waals surface area (Å²) in [7, 11) is 0. The van der Waals surface area contributed by atoms with Crippen molar-refractivity contribution in [3.8, 4) is 0 Å². The van der Waals surface area contributed by atoms with Gasteiger partial charge in [-0.3, -0.25) is 0 Å². The SMILES string of the molecule is CC(C)(Cc1cc(C(F)(F)F)ccc1Br)OC(N)=O. The summed E-state index contributed by atoms with van der Waals surface area (Å²) in [6.07, 6.45) is -5.27. The third-order valence-corrected chi connectivity index (χ3v) is 3.14. The summed E-state index contributed by atoms with van der Waals surface area (Å²) in [6, 6.07) is 3.32. The molecular formula is C12H13BrF3NO2. The molecule has 0 spiro atoms. The van der Waals surface area contributed by atoms with E-state index in [0.717, 1.165) is 12.1 Å². The van der Waals surface area contributed by atoms with Crippen molar-refractivity contribution in [2.75, 3.05) is 0 Å². The van der Waals surface area contributed by atoms with Crippen LogP contribution in [0.15, 0.2) is 22.7 Å². The minimum atomic E-state index is -4.41. The topological polar surface area (TPSA) is 52.3 Å². The minimum absolute atomic E-state index is 0.112. The van der Waals surface area contributed by atoms with Gasteiger partial charge >= 0.3 is 12.3 Å². The molecule has 1 rings (SSSR count). The van der Waals surface area contributed by atoms with E-state index in [9.17, 15) is 18.0 Å². The van der Waals surface area contributed by atoms with E-state index in [1.54, 1.807) is 13.8 Å². The van der Waals surface area contributed by atoms with Crippen molar-refractivity contribution >= 4 is 22.0 Å². The van der Waals surface area contributed by atoms with E-state index in [-0.39, 0.29) is 6.42 Å². The van der Waals surface area contributed by atoms with Gasteiger partial charge in [0.1, 0.15) is 5.60 Å². The normalized spacial score (nSPS) is 12.3. The van der Waals surface area contributed by atoms with E-state index in [0.29, 0.717) is 10.0 Å². The van der Waals surface area contributed by atoms with Gasteiger partial charge in [-0.2, -0.15) is 13.2 Å². The standard InChI is InChI=1S/C12H13BrF3NO2/c1-11(2,19-10(17)18)6-7-5-8(12(14,15)16)3-4-9(7)13/h3-5H,6H2,1-2H3,(H2,17,18). The van der Waals surface area contributed by atoms with Crippen LogP contribution in [-0.4, -0.2) is 11.7 Å². The summed E-state index contributed by atoms with van der Waals surface area (Å²) in [5, 5.41) is 0. The largest absolute Gasteiger partial charge is 0.443 e. The molecule has 0 radical (unpaired) electrons. The Kier molecular flexibility index (Phi) is 4.50. The summed E-state index contributed by atoms with van der Waals surface area (Å²) in [5.41, 5.74) is 3.57. The third-order valence-electron chi connectivity index (χ3n) is 2.37. The fourth-order valence-electron chi connectivity index (χ4n) is 1.65. The molecule has 0 saturated carbocycles. The predicted molar refractivity (Wildman–Crippen MR) is 67.6 cm³/mol. The lowest BCUT2D eigenvalue weighted by atomic mass is 9.97. The highest BCUT2D eigenvalue weighted by atomic mass is 79.9. The van der Waals surface area contributed by atoms with E-state index >= 15 is 0 Å². The number of halogens is 4. The molecule has 1 aromatic rings. The van der Waals surface area contributed by atoms with Gasteiger partial charge in [0.15, 0.2) is 0 Å². The van der Waals surface area contributed by atoms with Crippen LogP contribution in [0, 0.1) is 0 Å². The van der Waals surface area contributed by atoms with E-state index in [2.05, 4.69) is 15.9 Å². The molecule has 7 heteroatoms. The molecule has 0 aliphatic carbocycles. The van der Waals surface area contributed by atoms with Gasteiger partial charge in [-0.25, -0.2) is 4.79 Å². The first-order valence-electron chi connectivity index (χ1n) is 5.35. The molecule has 0 fully saturated rings. The van der Waals surface area contributed by atoms with Gasteiger partial charge in [-0.05, 0) is 37.6 Å². The number of primary amides is 1. The van der Waals surface area contributed by atoms with Crippen LogP contribution in [0.25, 0.3) is 0 Å². The number of rotatable bonds is 3. The maximum atomic E-state index is 12.6. The number of carbonyl (C=O) groups is 1. The number of carbonyl (C=O) groups excluding carboxylic acids is 1. The molecule has 106 valence electrons. The first kappa shape index (κ1) is 15.8.